The second-order valence-electron chi connectivity index (χ2n) is 1.75. The summed E-state index contributed by atoms with van der Waals surface area (Å²) in [6, 6.07) is 0. The summed E-state index contributed by atoms with van der Waals surface area (Å²) in [6.07, 6.45) is 0.640. The first-order chi connectivity index (χ1) is 3.62. The van der Waals surface area contributed by atoms with Crippen molar-refractivity contribution >= 4 is 7.37 Å². The first-order valence-electron chi connectivity index (χ1n) is 2.83. The molecule has 2 nitrogen and oxygen atoms in total. The van der Waals surface area contributed by atoms with Gasteiger partial charge in [0, 0.05) is 12.8 Å². The van der Waals surface area contributed by atoms with Crippen molar-refractivity contribution in [2.75, 3.05) is 19.4 Å². The van der Waals surface area contributed by atoms with Gasteiger partial charge in [0.2, 0.25) is 0 Å². The van der Waals surface area contributed by atoms with Crippen LogP contribution in [0.2, 0.25) is 0 Å². The van der Waals surface area contributed by atoms with Crippen molar-refractivity contribution in [1.82, 2.24) is 0 Å². The summed E-state index contributed by atoms with van der Waals surface area (Å²) in [5.41, 5.74) is 0. The van der Waals surface area contributed by atoms with Gasteiger partial charge in [0.05, 0.1) is 6.61 Å². The summed E-state index contributed by atoms with van der Waals surface area (Å²) in [6.45, 7) is 5.94. The average molecular weight is 136 g/mol. The van der Waals surface area contributed by atoms with Gasteiger partial charge in [-0.25, -0.2) is 0 Å². The quantitative estimate of drug-likeness (QED) is 0.554. The maximum absolute atomic E-state index is 11.0. The zero-order valence-corrected chi connectivity index (χ0v) is 6.57. The summed E-state index contributed by atoms with van der Waals surface area (Å²) in [4.78, 5) is 0. The fraction of sp³-hybridized carbons (Fsp3) is 1.00. The maximum atomic E-state index is 11.0. The van der Waals surface area contributed by atoms with Crippen molar-refractivity contribution in [3.8, 4) is 0 Å². The molecule has 0 fully saturated rings. The van der Waals surface area contributed by atoms with Crippen molar-refractivity contribution in [2.45, 2.75) is 13.8 Å². The van der Waals surface area contributed by atoms with Gasteiger partial charge in [0.15, 0.2) is 7.37 Å². The third-order valence-electron chi connectivity index (χ3n) is 0.977. The molecule has 0 aliphatic heterocycles. The van der Waals surface area contributed by atoms with Gasteiger partial charge in [-0.2, -0.15) is 0 Å². The number of hydrogen-bond acceptors (Lipinski definition) is 2. The minimum atomic E-state index is -2.17. The van der Waals surface area contributed by atoms with Crippen LogP contribution in [0.25, 0.3) is 0 Å². The van der Waals surface area contributed by atoms with E-state index in [2.05, 4.69) is 0 Å². The molecule has 50 valence electrons. The molecule has 0 saturated heterocycles. The summed E-state index contributed by atoms with van der Waals surface area (Å²) in [5, 5.41) is 0. The van der Waals surface area contributed by atoms with Gasteiger partial charge in [-0.15, -0.1) is 0 Å². The molecule has 0 spiro atoms. The number of rotatable bonds is 3. The molecular weight excluding hydrogens is 123 g/mol. The Kier molecular flexibility index (Phi) is 3.34. The van der Waals surface area contributed by atoms with Crippen molar-refractivity contribution in [1.29, 1.82) is 0 Å². The third kappa shape index (κ3) is 3.23. The molecule has 0 N–H and O–H groups in total. The van der Waals surface area contributed by atoms with Crippen molar-refractivity contribution in [3.05, 3.63) is 0 Å². The van der Waals surface area contributed by atoms with Gasteiger partial charge < -0.3 is 4.52 Å². The Bertz CT molecular complexity index is 101. The van der Waals surface area contributed by atoms with E-state index in [0.717, 1.165) is 0 Å². The number of hydrogen-bond donors (Lipinski definition) is 0. The largest absolute Gasteiger partial charge is 0.329 e. The van der Waals surface area contributed by atoms with Crippen LogP contribution in [0.3, 0.4) is 0 Å². The summed E-state index contributed by atoms with van der Waals surface area (Å²) < 4.78 is 15.9. The van der Waals surface area contributed by atoms with Crippen LogP contribution in [-0.2, 0) is 9.09 Å². The monoisotopic (exact) mass is 136 g/mol. The first-order valence-corrected chi connectivity index (χ1v) is 5.09. The van der Waals surface area contributed by atoms with Crippen LogP contribution in [0, 0.1) is 0 Å². The maximum Gasteiger partial charge on any atom is 0.199 e. The lowest BCUT2D eigenvalue weighted by Crippen LogP contribution is -1.88. The summed E-state index contributed by atoms with van der Waals surface area (Å²) in [5.74, 6) is 0. The fourth-order valence-electron chi connectivity index (χ4n) is 0.364. The van der Waals surface area contributed by atoms with Crippen LogP contribution in [0.4, 0.5) is 0 Å². The molecular formula is C5H13O2P. The summed E-state index contributed by atoms with van der Waals surface area (Å²) in [7, 11) is -2.17. The highest BCUT2D eigenvalue weighted by molar-refractivity contribution is 7.58. The summed E-state index contributed by atoms with van der Waals surface area (Å²) >= 11 is 0. The Morgan fingerprint density at radius 1 is 1.50 bits per heavy atom. The van der Waals surface area contributed by atoms with E-state index < -0.39 is 7.37 Å². The Labute approximate surface area is 50.7 Å². The van der Waals surface area contributed by atoms with Gasteiger partial charge in [-0.05, 0) is 6.92 Å². The molecule has 0 aromatic heterocycles. The highest BCUT2D eigenvalue weighted by atomic mass is 31.2. The van der Waals surface area contributed by atoms with Crippen LogP contribution >= 0.6 is 7.37 Å². The highest BCUT2D eigenvalue weighted by Gasteiger charge is 2.09. The smallest absolute Gasteiger partial charge is 0.199 e. The van der Waals surface area contributed by atoms with E-state index in [1.165, 1.54) is 0 Å². The minimum Gasteiger partial charge on any atom is -0.329 e. The predicted molar refractivity (Wildman–Crippen MR) is 35.7 cm³/mol. The molecule has 3 heteroatoms. The van der Waals surface area contributed by atoms with E-state index in [1.54, 1.807) is 6.66 Å². The average Bonchev–Trinajstić information content (AvgIpc) is 1.67. The molecule has 0 aromatic carbocycles. The third-order valence-corrected chi connectivity index (χ3v) is 2.93. The van der Waals surface area contributed by atoms with Crippen LogP contribution < -0.4 is 0 Å². The standard InChI is InChI=1S/C5H13O2P/c1-4-7-8(3,6)5-2/h4-5H2,1-3H3. The second-order valence-corrected chi connectivity index (χ2v) is 4.67. The normalized spacial score (nSPS) is 17.9. The molecule has 0 rings (SSSR count). The van der Waals surface area contributed by atoms with Gasteiger partial charge in [0.25, 0.3) is 0 Å². The molecule has 0 aromatic rings. The van der Waals surface area contributed by atoms with E-state index in [1.807, 2.05) is 13.8 Å². The van der Waals surface area contributed by atoms with Crippen molar-refractivity contribution < 1.29 is 9.09 Å². The molecule has 0 amide bonds. The second kappa shape index (κ2) is 3.26. The lowest BCUT2D eigenvalue weighted by molar-refractivity contribution is 0.338. The van der Waals surface area contributed by atoms with Gasteiger partial charge in [0.1, 0.15) is 0 Å². The van der Waals surface area contributed by atoms with E-state index in [9.17, 15) is 4.57 Å². The topological polar surface area (TPSA) is 26.3 Å². The van der Waals surface area contributed by atoms with Crippen molar-refractivity contribution in [3.63, 3.8) is 0 Å². The molecule has 1 atom stereocenters. The molecule has 8 heavy (non-hydrogen) atoms. The Morgan fingerprint density at radius 2 is 2.00 bits per heavy atom. The van der Waals surface area contributed by atoms with Crippen LogP contribution in [0.5, 0.6) is 0 Å². The SMILES string of the molecule is CCOP(C)(=O)CC. The Morgan fingerprint density at radius 3 is 2.12 bits per heavy atom. The molecule has 0 bridgehead atoms. The molecule has 0 heterocycles. The molecule has 1 unspecified atom stereocenters. The minimum absolute atomic E-state index is 0.557. The Balaban J connectivity index is 3.55. The Hall–Kier alpha value is 0.190. The highest BCUT2D eigenvalue weighted by Crippen LogP contribution is 2.41. The zero-order valence-electron chi connectivity index (χ0n) is 5.68. The van der Waals surface area contributed by atoms with Crippen LogP contribution in [0.1, 0.15) is 13.8 Å². The van der Waals surface area contributed by atoms with Crippen LogP contribution in [-0.4, -0.2) is 19.4 Å². The van der Waals surface area contributed by atoms with Crippen LogP contribution in [0.15, 0.2) is 0 Å². The molecule has 0 aliphatic rings. The van der Waals surface area contributed by atoms with Crippen molar-refractivity contribution in [2.24, 2.45) is 0 Å². The first kappa shape index (κ1) is 8.19. The van der Waals surface area contributed by atoms with E-state index in [4.69, 9.17) is 4.52 Å². The lowest BCUT2D eigenvalue weighted by atomic mass is 10.9. The van der Waals surface area contributed by atoms with Gasteiger partial charge in [-0.3, -0.25) is 4.57 Å². The van der Waals surface area contributed by atoms with E-state index in [-0.39, 0.29) is 0 Å². The lowest BCUT2D eigenvalue weighted by Gasteiger charge is -2.07. The fourth-order valence-corrected chi connectivity index (χ4v) is 1.09. The predicted octanol–water partition coefficient (Wildman–Crippen LogP) is 1.95. The molecule has 0 saturated carbocycles. The van der Waals surface area contributed by atoms with Gasteiger partial charge in [-0.1, -0.05) is 6.92 Å². The molecule has 0 radical (unpaired) electrons. The van der Waals surface area contributed by atoms with E-state index in [0.29, 0.717) is 12.8 Å². The van der Waals surface area contributed by atoms with Gasteiger partial charge >= 0.3 is 0 Å². The molecule has 0 aliphatic carbocycles. The zero-order chi connectivity index (χ0) is 6.62. The van der Waals surface area contributed by atoms with E-state index >= 15 is 0 Å².